The van der Waals surface area contributed by atoms with Crippen LogP contribution in [0.25, 0.3) is 0 Å². The number of aromatic nitrogens is 1. The quantitative estimate of drug-likeness (QED) is 0.249. The Bertz CT molecular complexity index is 668. The fourth-order valence-corrected chi connectivity index (χ4v) is 4.64. The predicted molar refractivity (Wildman–Crippen MR) is 118 cm³/mol. The highest BCUT2D eigenvalue weighted by Gasteiger charge is 2.13. The largest absolute Gasteiger partial charge is 0.439 e. The van der Waals surface area contributed by atoms with Crippen LogP contribution in [0.3, 0.4) is 0 Å². The van der Waals surface area contributed by atoms with Gasteiger partial charge in [-0.2, -0.15) is 0 Å². The second-order valence-electron chi connectivity index (χ2n) is 8.19. The summed E-state index contributed by atoms with van der Waals surface area (Å²) in [6, 6.07) is 0. The smallest absolute Gasteiger partial charge is 0.263 e. The summed E-state index contributed by atoms with van der Waals surface area (Å²) in [6.07, 6.45) is 12.6. The van der Waals surface area contributed by atoms with E-state index in [1.165, 1.54) is 19.3 Å². The minimum absolute atomic E-state index is 0.00720. The molecule has 0 fully saturated rings. The molecule has 0 radical (unpaired) electrons. The van der Waals surface area contributed by atoms with E-state index < -0.39 is 9.84 Å². The highest BCUT2D eigenvalue weighted by atomic mass is 32.2. The van der Waals surface area contributed by atoms with Crippen LogP contribution in [0.15, 0.2) is 10.6 Å². The number of oxazole rings is 1. The minimum Gasteiger partial charge on any atom is -0.439 e. The van der Waals surface area contributed by atoms with Crippen LogP contribution in [0.5, 0.6) is 0 Å². The molecule has 0 unspecified atom stereocenters. The van der Waals surface area contributed by atoms with Crippen molar-refractivity contribution in [2.45, 2.75) is 84.0 Å². The van der Waals surface area contributed by atoms with Crippen molar-refractivity contribution >= 4 is 15.6 Å². The molecule has 168 valence electrons. The molecule has 1 rings (SSSR count). The molecule has 0 saturated carbocycles. The summed E-state index contributed by atoms with van der Waals surface area (Å²) < 4.78 is 29.6. The van der Waals surface area contributed by atoms with Crippen LogP contribution in [-0.2, 0) is 16.3 Å². The van der Waals surface area contributed by atoms with Crippen molar-refractivity contribution in [3.63, 3.8) is 0 Å². The zero-order chi connectivity index (χ0) is 21.5. The highest BCUT2D eigenvalue weighted by Crippen LogP contribution is 2.14. The SMILES string of the molecule is CCCCCCCC(=O)c1ncc(CCCCCCS(=O)(=O)CCCN(C)C)o1. The van der Waals surface area contributed by atoms with Crippen molar-refractivity contribution in [3.8, 4) is 0 Å². The maximum absolute atomic E-state index is 12.1. The standard InChI is InChI=1S/C22H40N2O4S/c1-4-5-6-7-11-15-21(25)22-23-19-20(28-22)14-10-8-9-12-17-29(26,27)18-13-16-24(2)3/h19H,4-18H2,1-3H3. The van der Waals surface area contributed by atoms with Gasteiger partial charge >= 0.3 is 0 Å². The van der Waals surface area contributed by atoms with E-state index in [2.05, 4.69) is 11.9 Å². The zero-order valence-electron chi connectivity index (χ0n) is 18.6. The van der Waals surface area contributed by atoms with Crippen LogP contribution >= 0.6 is 0 Å². The average molecular weight is 429 g/mol. The summed E-state index contributed by atoms with van der Waals surface area (Å²) in [6.45, 7) is 2.98. The van der Waals surface area contributed by atoms with Gasteiger partial charge in [-0.3, -0.25) is 4.79 Å². The Hall–Kier alpha value is -1.21. The Morgan fingerprint density at radius 1 is 0.966 bits per heavy atom. The Labute approximate surface area is 177 Å². The Morgan fingerprint density at radius 3 is 2.34 bits per heavy atom. The molecule has 7 heteroatoms. The van der Waals surface area contributed by atoms with E-state index in [0.717, 1.165) is 50.8 Å². The molecule has 0 aromatic carbocycles. The molecule has 0 aliphatic heterocycles. The third kappa shape index (κ3) is 12.9. The van der Waals surface area contributed by atoms with Crippen LogP contribution in [0, 0.1) is 0 Å². The van der Waals surface area contributed by atoms with Crippen molar-refractivity contribution in [2.75, 3.05) is 32.1 Å². The van der Waals surface area contributed by atoms with Crippen LogP contribution < -0.4 is 0 Å². The van der Waals surface area contributed by atoms with E-state index in [-0.39, 0.29) is 23.2 Å². The second-order valence-corrected chi connectivity index (χ2v) is 10.5. The predicted octanol–water partition coefficient (Wildman–Crippen LogP) is 4.69. The summed E-state index contributed by atoms with van der Waals surface area (Å²) in [4.78, 5) is 18.2. The van der Waals surface area contributed by atoms with Gasteiger partial charge in [-0.25, -0.2) is 13.4 Å². The second kappa shape index (κ2) is 14.7. The van der Waals surface area contributed by atoms with E-state index in [0.29, 0.717) is 19.3 Å². The summed E-state index contributed by atoms with van der Waals surface area (Å²) in [5, 5.41) is 0. The van der Waals surface area contributed by atoms with Gasteiger partial charge in [0.15, 0.2) is 0 Å². The summed E-state index contributed by atoms with van der Waals surface area (Å²) in [7, 11) is 0.977. The van der Waals surface area contributed by atoms with E-state index in [1.807, 2.05) is 19.0 Å². The summed E-state index contributed by atoms with van der Waals surface area (Å²) >= 11 is 0. The van der Waals surface area contributed by atoms with Crippen molar-refractivity contribution in [1.29, 1.82) is 0 Å². The molecule has 0 bridgehead atoms. The molecule has 1 heterocycles. The number of ketones is 1. The Kier molecular flexibility index (Phi) is 13.1. The molecule has 1 aromatic heterocycles. The van der Waals surface area contributed by atoms with E-state index in [1.54, 1.807) is 6.20 Å². The number of hydrogen-bond acceptors (Lipinski definition) is 6. The molecule has 0 aliphatic carbocycles. The first kappa shape index (κ1) is 25.8. The van der Waals surface area contributed by atoms with Crippen molar-refractivity contribution in [2.24, 2.45) is 0 Å². The Morgan fingerprint density at radius 2 is 1.62 bits per heavy atom. The van der Waals surface area contributed by atoms with Crippen molar-refractivity contribution < 1.29 is 17.6 Å². The number of sulfone groups is 1. The lowest BCUT2D eigenvalue weighted by Gasteiger charge is -2.09. The van der Waals surface area contributed by atoms with Gasteiger partial charge < -0.3 is 9.32 Å². The van der Waals surface area contributed by atoms with Gasteiger partial charge in [-0.05, 0) is 46.3 Å². The lowest BCUT2D eigenvalue weighted by atomic mass is 10.1. The number of rotatable bonds is 18. The number of nitrogens with zero attached hydrogens (tertiary/aromatic N) is 2. The Balaban J connectivity index is 2.14. The first-order valence-electron chi connectivity index (χ1n) is 11.2. The van der Waals surface area contributed by atoms with Crippen LogP contribution in [0.1, 0.15) is 94.0 Å². The number of unbranched alkanes of at least 4 members (excludes halogenated alkanes) is 7. The highest BCUT2D eigenvalue weighted by molar-refractivity contribution is 7.91. The minimum atomic E-state index is -2.93. The third-order valence-electron chi connectivity index (χ3n) is 4.99. The lowest BCUT2D eigenvalue weighted by Crippen LogP contribution is -2.18. The van der Waals surface area contributed by atoms with Gasteiger partial charge in [0.1, 0.15) is 15.6 Å². The maximum atomic E-state index is 12.1. The van der Waals surface area contributed by atoms with Gasteiger partial charge in [0.2, 0.25) is 5.78 Å². The molecule has 6 nitrogen and oxygen atoms in total. The van der Waals surface area contributed by atoms with Crippen LogP contribution in [-0.4, -0.2) is 56.2 Å². The van der Waals surface area contributed by atoms with E-state index in [4.69, 9.17) is 4.42 Å². The fourth-order valence-electron chi connectivity index (χ4n) is 3.23. The van der Waals surface area contributed by atoms with Crippen molar-refractivity contribution in [3.05, 3.63) is 17.8 Å². The number of Topliss-reactive ketones (excluding diaryl/α,β-unsaturated/α-hetero) is 1. The van der Waals surface area contributed by atoms with Crippen LogP contribution in [0.4, 0.5) is 0 Å². The number of hydrogen-bond donors (Lipinski definition) is 0. The first-order chi connectivity index (χ1) is 13.8. The molecule has 0 spiro atoms. The molecule has 0 aliphatic rings. The summed E-state index contributed by atoms with van der Waals surface area (Å²) in [5.41, 5.74) is 0. The van der Waals surface area contributed by atoms with Gasteiger partial charge in [-0.15, -0.1) is 0 Å². The van der Waals surface area contributed by atoms with Crippen LogP contribution in [0.2, 0.25) is 0 Å². The number of carbonyl (C=O) groups excluding carboxylic acids is 1. The monoisotopic (exact) mass is 428 g/mol. The van der Waals surface area contributed by atoms with Gasteiger partial charge in [0.05, 0.1) is 17.7 Å². The molecule has 0 saturated heterocycles. The van der Waals surface area contributed by atoms with E-state index in [9.17, 15) is 13.2 Å². The fraction of sp³-hybridized carbons (Fsp3) is 0.818. The molecule has 0 N–H and O–H groups in total. The maximum Gasteiger partial charge on any atom is 0.263 e. The first-order valence-corrected chi connectivity index (χ1v) is 13.0. The normalized spacial score (nSPS) is 12.0. The molecule has 1 aromatic rings. The summed E-state index contributed by atoms with van der Waals surface area (Å²) in [5.74, 6) is 1.53. The molecular weight excluding hydrogens is 388 g/mol. The molecule has 29 heavy (non-hydrogen) atoms. The number of carbonyl (C=O) groups is 1. The molecule has 0 atom stereocenters. The zero-order valence-corrected chi connectivity index (χ0v) is 19.4. The third-order valence-corrected chi connectivity index (χ3v) is 6.81. The van der Waals surface area contributed by atoms with Gasteiger partial charge in [-0.1, -0.05) is 45.4 Å². The van der Waals surface area contributed by atoms with Gasteiger partial charge in [0.25, 0.3) is 5.89 Å². The topological polar surface area (TPSA) is 80.5 Å². The number of aryl methyl sites for hydroxylation is 1. The molecular formula is C22H40N2O4S. The van der Waals surface area contributed by atoms with E-state index >= 15 is 0 Å². The molecule has 0 amide bonds. The average Bonchev–Trinajstić information content (AvgIpc) is 3.12. The van der Waals surface area contributed by atoms with Gasteiger partial charge in [0, 0.05) is 12.8 Å². The van der Waals surface area contributed by atoms with Crippen molar-refractivity contribution in [1.82, 2.24) is 9.88 Å². The lowest BCUT2D eigenvalue weighted by molar-refractivity contribution is 0.0943.